The van der Waals surface area contributed by atoms with Gasteiger partial charge in [-0.25, -0.2) is 9.97 Å². The second kappa shape index (κ2) is 8.11. The molecule has 0 aliphatic carbocycles. The third-order valence-electron chi connectivity index (χ3n) is 4.89. The Morgan fingerprint density at radius 2 is 2.04 bits per heavy atom. The van der Waals surface area contributed by atoms with Crippen LogP contribution < -0.4 is 4.90 Å². The summed E-state index contributed by atoms with van der Waals surface area (Å²) in [4.78, 5) is 11.4. The fourth-order valence-electron chi connectivity index (χ4n) is 3.42. The zero-order valence-electron chi connectivity index (χ0n) is 15.5. The van der Waals surface area contributed by atoms with E-state index in [1.807, 2.05) is 18.2 Å². The molecule has 1 aromatic carbocycles. The molecule has 3 rings (SSSR count). The number of fused-ring (bicyclic) bond motifs is 1. The lowest BCUT2D eigenvalue weighted by molar-refractivity contribution is -0.0520. The standard InChI is InChI=1S/C20H29N3O2/c1-4-5-8-15-11-23(12-18(25-15)14(2)3)20-16-9-6-7-10-17(16)21-19(13-24)22-20/h6-7,9-10,14-15,18,24H,4-5,8,11-13H2,1-3H3/t15-,18-/m1/s1. The zero-order valence-corrected chi connectivity index (χ0v) is 15.5. The monoisotopic (exact) mass is 343 g/mol. The molecule has 1 fully saturated rings. The van der Waals surface area contributed by atoms with Gasteiger partial charge in [0.05, 0.1) is 17.7 Å². The van der Waals surface area contributed by atoms with Crippen LogP contribution >= 0.6 is 0 Å². The summed E-state index contributed by atoms with van der Waals surface area (Å²) in [7, 11) is 0. The topological polar surface area (TPSA) is 58.5 Å². The SMILES string of the molecule is CCCC[C@@H]1CN(c2nc(CO)nc3ccccc23)C[C@H](C(C)C)O1. The van der Waals surface area contributed by atoms with Crippen LogP contribution in [0.5, 0.6) is 0 Å². The van der Waals surface area contributed by atoms with Crippen LogP contribution in [0.25, 0.3) is 10.9 Å². The highest BCUT2D eigenvalue weighted by Crippen LogP contribution is 2.29. The highest BCUT2D eigenvalue weighted by atomic mass is 16.5. The van der Waals surface area contributed by atoms with E-state index in [1.54, 1.807) is 0 Å². The van der Waals surface area contributed by atoms with Gasteiger partial charge in [-0.2, -0.15) is 0 Å². The average Bonchev–Trinajstić information content (AvgIpc) is 2.65. The van der Waals surface area contributed by atoms with E-state index in [0.29, 0.717) is 11.7 Å². The molecule has 1 aromatic heterocycles. The number of morpholine rings is 1. The van der Waals surface area contributed by atoms with Crippen LogP contribution in [0.4, 0.5) is 5.82 Å². The van der Waals surface area contributed by atoms with Crippen molar-refractivity contribution in [2.45, 2.75) is 58.8 Å². The Kier molecular flexibility index (Phi) is 5.86. The Morgan fingerprint density at radius 3 is 2.76 bits per heavy atom. The number of para-hydroxylation sites is 1. The molecular weight excluding hydrogens is 314 g/mol. The lowest BCUT2D eigenvalue weighted by Crippen LogP contribution is -2.50. The molecule has 1 N–H and O–H groups in total. The van der Waals surface area contributed by atoms with E-state index >= 15 is 0 Å². The first kappa shape index (κ1) is 18.1. The number of rotatable bonds is 6. The molecule has 1 aliphatic rings. The number of hydrogen-bond donors (Lipinski definition) is 1. The fourth-order valence-corrected chi connectivity index (χ4v) is 3.42. The van der Waals surface area contributed by atoms with Crippen molar-refractivity contribution in [2.24, 2.45) is 5.92 Å². The molecule has 0 saturated carbocycles. The van der Waals surface area contributed by atoms with Crippen LogP contribution in [-0.4, -0.2) is 40.4 Å². The van der Waals surface area contributed by atoms with Crippen molar-refractivity contribution in [3.8, 4) is 0 Å². The number of nitrogens with zero attached hydrogens (tertiary/aromatic N) is 3. The summed E-state index contributed by atoms with van der Waals surface area (Å²) in [6.07, 6.45) is 3.85. The zero-order chi connectivity index (χ0) is 17.8. The maximum atomic E-state index is 9.56. The maximum absolute atomic E-state index is 9.56. The summed E-state index contributed by atoms with van der Waals surface area (Å²) in [5.74, 6) is 1.86. The Labute approximate surface area is 150 Å². The summed E-state index contributed by atoms with van der Waals surface area (Å²) in [5.41, 5.74) is 0.884. The largest absolute Gasteiger partial charge is 0.388 e. The number of ether oxygens (including phenoxy) is 1. The van der Waals surface area contributed by atoms with Gasteiger partial charge >= 0.3 is 0 Å². The van der Waals surface area contributed by atoms with Gasteiger partial charge in [-0.3, -0.25) is 0 Å². The van der Waals surface area contributed by atoms with Crippen molar-refractivity contribution in [3.05, 3.63) is 30.1 Å². The van der Waals surface area contributed by atoms with E-state index in [2.05, 4.69) is 41.7 Å². The van der Waals surface area contributed by atoms with Gasteiger partial charge in [-0.05, 0) is 24.5 Å². The number of aromatic nitrogens is 2. The van der Waals surface area contributed by atoms with Crippen LogP contribution in [0.1, 0.15) is 45.9 Å². The number of anilines is 1. The molecule has 25 heavy (non-hydrogen) atoms. The van der Waals surface area contributed by atoms with Gasteiger partial charge in [-0.15, -0.1) is 0 Å². The molecule has 2 heterocycles. The van der Waals surface area contributed by atoms with E-state index in [0.717, 1.165) is 36.2 Å². The Morgan fingerprint density at radius 1 is 1.24 bits per heavy atom. The van der Waals surface area contributed by atoms with Crippen LogP contribution in [-0.2, 0) is 11.3 Å². The average molecular weight is 343 g/mol. The molecule has 0 radical (unpaired) electrons. The molecule has 136 valence electrons. The first-order valence-corrected chi connectivity index (χ1v) is 9.39. The Bertz CT molecular complexity index is 704. The third kappa shape index (κ3) is 4.10. The molecule has 2 atom stereocenters. The summed E-state index contributed by atoms with van der Waals surface area (Å²) in [6, 6.07) is 8.03. The molecule has 1 aliphatic heterocycles. The van der Waals surface area contributed by atoms with Crippen LogP contribution in [0.15, 0.2) is 24.3 Å². The van der Waals surface area contributed by atoms with Gasteiger partial charge in [0.15, 0.2) is 5.82 Å². The van der Waals surface area contributed by atoms with Gasteiger partial charge in [0, 0.05) is 18.5 Å². The van der Waals surface area contributed by atoms with Crippen molar-refractivity contribution in [3.63, 3.8) is 0 Å². The molecule has 2 aromatic rings. The molecule has 5 nitrogen and oxygen atoms in total. The number of hydrogen-bond acceptors (Lipinski definition) is 5. The molecule has 0 bridgehead atoms. The minimum atomic E-state index is -0.144. The molecule has 5 heteroatoms. The van der Waals surface area contributed by atoms with Gasteiger partial charge in [0.2, 0.25) is 0 Å². The van der Waals surface area contributed by atoms with Crippen molar-refractivity contribution in [2.75, 3.05) is 18.0 Å². The molecule has 0 unspecified atom stereocenters. The van der Waals surface area contributed by atoms with Gasteiger partial charge in [0.1, 0.15) is 12.4 Å². The van der Waals surface area contributed by atoms with E-state index in [4.69, 9.17) is 4.74 Å². The minimum absolute atomic E-state index is 0.144. The normalized spacial score (nSPS) is 21.2. The van der Waals surface area contributed by atoms with Gasteiger partial charge in [0.25, 0.3) is 0 Å². The molecule has 0 spiro atoms. The minimum Gasteiger partial charge on any atom is -0.388 e. The number of unbranched alkanes of at least 4 members (excludes halogenated alkanes) is 1. The summed E-state index contributed by atoms with van der Waals surface area (Å²) >= 11 is 0. The number of aliphatic hydroxyl groups is 1. The molecule has 0 amide bonds. The highest BCUT2D eigenvalue weighted by molar-refractivity contribution is 5.89. The molecular formula is C20H29N3O2. The van der Waals surface area contributed by atoms with Crippen molar-refractivity contribution < 1.29 is 9.84 Å². The summed E-state index contributed by atoms with van der Waals surface area (Å²) < 4.78 is 6.34. The van der Waals surface area contributed by atoms with E-state index in [1.165, 1.54) is 12.8 Å². The Balaban J connectivity index is 1.96. The smallest absolute Gasteiger partial charge is 0.156 e. The highest BCUT2D eigenvalue weighted by Gasteiger charge is 2.31. The van der Waals surface area contributed by atoms with Crippen molar-refractivity contribution >= 4 is 16.7 Å². The maximum Gasteiger partial charge on any atom is 0.156 e. The van der Waals surface area contributed by atoms with Gasteiger partial charge in [-0.1, -0.05) is 45.7 Å². The Hall–Kier alpha value is -1.72. The summed E-state index contributed by atoms with van der Waals surface area (Å²) in [5, 5.41) is 10.6. The molecule has 1 saturated heterocycles. The fraction of sp³-hybridized carbons (Fsp3) is 0.600. The van der Waals surface area contributed by atoms with E-state index in [-0.39, 0.29) is 18.8 Å². The predicted molar refractivity (Wildman–Crippen MR) is 101 cm³/mol. The van der Waals surface area contributed by atoms with Crippen molar-refractivity contribution in [1.29, 1.82) is 0 Å². The van der Waals surface area contributed by atoms with Crippen molar-refractivity contribution in [1.82, 2.24) is 9.97 Å². The van der Waals surface area contributed by atoms with E-state index in [9.17, 15) is 5.11 Å². The first-order chi connectivity index (χ1) is 12.1. The van der Waals surface area contributed by atoms with Crippen LogP contribution in [0, 0.1) is 5.92 Å². The van der Waals surface area contributed by atoms with Gasteiger partial charge < -0.3 is 14.7 Å². The quantitative estimate of drug-likeness (QED) is 0.869. The lowest BCUT2D eigenvalue weighted by Gasteiger charge is -2.41. The summed E-state index contributed by atoms with van der Waals surface area (Å²) in [6.45, 7) is 8.16. The second-order valence-corrected chi connectivity index (χ2v) is 7.23. The number of benzene rings is 1. The number of aliphatic hydroxyl groups excluding tert-OH is 1. The second-order valence-electron chi connectivity index (χ2n) is 7.23. The predicted octanol–water partition coefficient (Wildman–Crippen LogP) is 3.54. The lowest BCUT2D eigenvalue weighted by atomic mass is 10.0. The van der Waals surface area contributed by atoms with E-state index < -0.39 is 0 Å². The van der Waals surface area contributed by atoms with Crippen LogP contribution in [0.2, 0.25) is 0 Å². The first-order valence-electron chi connectivity index (χ1n) is 9.39. The van der Waals surface area contributed by atoms with Crippen LogP contribution in [0.3, 0.4) is 0 Å². The third-order valence-corrected chi connectivity index (χ3v) is 4.89.